The minimum absolute atomic E-state index is 0.0512. The summed E-state index contributed by atoms with van der Waals surface area (Å²) in [6.07, 6.45) is -2.40. The average molecular weight is 327 g/mol. The Morgan fingerprint density at radius 2 is 2.30 bits per heavy atom. The minimum Gasteiger partial charge on any atom is -0.394 e. The summed E-state index contributed by atoms with van der Waals surface area (Å²) in [5, 5.41) is 19.6. The molecule has 4 N–H and O–H groups in total. The van der Waals surface area contributed by atoms with Crippen LogP contribution in [-0.2, 0) is 14.2 Å². The quantitative estimate of drug-likeness (QED) is 0.530. The Morgan fingerprint density at radius 1 is 1.57 bits per heavy atom. The number of hydrogen-bond acceptors (Lipinski definition) is 8. The van der Waals surface area contributed by atoms with E-state index in [9.17, 15) is 15.0 Å². The Hall–Kier alpha value is -1.78. The molecule has 0 radical (unpaired) electrons. The van der Waals surface area contributed by atoms with E-state index in [-0.39, 0.29) is 12.4 Å². The maximum Gasteiger partial charge on any atom is 0.352 e. The Morgan fingerprint density at radius 3 is 2.91 bits per heavy atom. The number of methoxy groups -OCH3 is 1. The first-order valence-electron chi connectivity index (χ1n) is 7.10. The first-order valence-corrected chi connectivity index (χ1v) is 7.10. The predicted molar refractivity (Wildman–Crippen MR) is 81.6 cm³/mol. The van der Waals surface area contributed by atoms with Gasteiger partial charge in [-0.25, -0.2) is 4.79 Å². The molecule has 1 aromatic heterocycles. The van der Waals surface area contributed by atoms with Crippen molar-refractivity contribution in [2.24, 2.45) is 0 Å². The molecule has 1 saturated heterocycles. The molecule has 1 aliphatic rings. The lowest BCUT2D eigenvalue weighted by atomic mass is 10.1. The minimum atomic E-state index is -1.11. The van der Waals surface area contributed by atoms with Gasteiger partial charge in [-0.2, -0.15) is 4.98 Å². The molecule has 4 atom stereocenters. The number of ether oxygens (including phenoxy) is 3. The molecule has 0 unspecified atom stereocenters. The van der Waals surface area contributed by atoms with Crippen LogP contribution in [0, 0.1) is 0 Å². The highest BCUT2D eigenvalue weighted by Crippen LogP contribution is 2.31. The van der Waals surface area contributed by atoms with Crippen LogP contribution in [0.25, 0.3) is 6.08 Å². The largest absolute Gasteiger partial charge is 0.394 e. The van der Waals surface area contributed by atoms with Crippen molar-refractivity contribution in [2.75, 3.05) is 32.7 Å². The van der Waals surface area contributed by atoms with Gasteiger partial charge in [0.25, 0.3) is 0 Å². The zero-order valence-electron chi connectivity index (χ0n) is 12.8. The van der Waals surface area contributed by atoms with Crippen molar-refractivity contribution in [1.29, 1.82) is 0 Å². The van der Waals surface area contributed by atoms with Crippen molar-refractivity contribution in [3.8, 4) is 0 Å². The highest BCUT2D eigenvalue weighted by atomic mass is 16.6. The Labute approximate surface area is 132 Å². The summed E-state index contributed by atoms with van der Waals surface area (Å²) < 4.78 is 17.3. The number of aromatic nitrogens is 2. The van der Waals surface area contributed by atoms with E-state index < -0.39 is 36.8 Å². The zero-order chi connectivity index (χ0) is 17.0. The Kier molecular flexibility index (Phi) is 5.85. The van der Waals surface area contributed by atoms with Gasteiger partial charge in [-0.3, -0.25) is 4.57 Å². The summed E-state index contributed by atoms with van der Waals surface area (Å²) >= 11 is 0. The van der Waals surface area contributed by atoms with Crippen molar-refractivity contribution < 1.29 is 24.4 Å². The zero-order valence-corrected chi connectivity index (χ0v) is 12.8. The summed E-state index contributed by atoms with van der Waals surface area (Å²) in [4.78, 5) is 15.9. The average Bonchev–Trinajstić information content (AvgIpc) is 2.83. The fraction of sp³-hybridized carbons (Fsp3) is 0.571. The molecule has 1 fully saturated rings. The molecular formula is C14H21N3O6. The summed E-state index contributed by atoms with van der Waals surface area (Å²) in [5.41, 5.74) is 5.28. The molecule has 0 amide bonds. The first kappa shape index (κ1) is 17.6. The SMILES string of the molecule is C=Cc1cc(N)nc(=O)n1[C@@H]1O[C@H](CO)[C@@H](O)[C@H]1OCCOC. The second-order valence-corrected chi connectivity index (χ2v) is 5.03. The lowest BCUT2D eigenvalue weighted by Crippen LogP contribution is -2.39. The molecule has 1 aliphatic heterocycles. The summed E-state index contributed by atoms with van der Waals surface area (Å²) in [5.74, 6) is 0.0512. The Balaban J connectivity index is 2.38. The molecule has 0 saturated carbocycles. The van der Waals surface area contributed by atoms with E-state index in [4.69, 9.17) is 19.9 Å². The highest BCUT2D eigenvalue weighted by Gasteiger charge is 2.46. The molecule has 128 valence electrons. The fourth-order valence-electron chi connectivity index (χ4n) is 2.47. The number of aliphatic hydroxyl groups excluding tert-OH is 2. The fourth-order valence-corrected chi connectivity index (χ4v) is 2.47. The van der Waals surface area contributed by atoms with Crippen LogP contribution >= 0.6 is 0 Å². The number of nitrogens with two attached hydrogens (primary N) is 1. The van der Waals surface area contributed by atoms with E-state index in [1.54, 1.807) is 0 Å². The maximum absolute atomic E-state index is 12.2. The van der Waals surface area contributed by atoms with Gasteiger partial charge >= 0.3 is 5.69 Å². The molecule has 23 heavy (non-hydrogen) atoms. The maximum atomic E-state index is 12.2. The molecule has 0 bridgehead atoms. The van der Waals surface area contributed by atoms with E-state index >= 15 is 0 Å². The standard InChI is InChI=1S/C14H21N3O6/c1-3-8-6-10(15)16-14(20)17(8)13-12(22-5-4-21-2)11(19)9(7-18)23-13/h3,6,9,11-13,18-19H,1,4-5,7H2,2H3,(H2,15,16,20)/t9-,11-,12-,13-/m1/s1. The second-order valence-electron chi connectivity index (χ2n) is 5.03. The molecule has 2 heterocycles. The van der Waals surface area contributed by atoms with Crippen molar-refractivity contribution in [3.05, 3.63) is 28.8 Å². The number of aliphatic hydroxyl groups is 2. The third-order valence-electron chi connectivity index (χ3n) is 3.56. The normalized spacial score (nSPS) is 27.3. The topological polar surface area (TPSA) is 129 Å². The van der Waals surface area contributed by atoms with Gasteiger partial charge in [0, 0.05) is 13.2 Å². The molecule has 0 aromatic carbocycles. The van der Waals surface area contributed by atoms with Gasteiger partial charge in [-0.05, 0) is 6.08 Å². The number of nitrogen functional groups attached to an aromatic ring is 1. The molecule has 0 spiro atoms. The third-order valence-corrected chi connectivity index (χ3v) is 3.56. The van der Waals surface area contributed by atoms with Crippen LogP contribution in [0.2, 0.25) is 0 Å². The number of nitrogens with zero attached hydrogens (tertiary/aromatic N) is 2. The summed E-state index contributed by atoms with van der Waals surface area (Å²) in [6, 6.07) is 1.46. The van der Waals surface area contributed by atoms with Crippen LogP contribution in [0.3, 0.4) is 0 Å². The molecule has 0 aliphatic carbocycles. The molecule has 1 aromatic rings. The third kappa shape index (κ3) is 3.59. The van der Waals surface area contributed by atoms with E-state index in [0.29, 0.717) is 12.3 Å². The van der Waals surface area contributed by atoms with E-state index in [1.807, 2.05) is 0 Å². The summed E-state index contributed by atoms with van der Waals surface area (Å²) in [6.45, 7) is 3.72. The highest BCUT2D eigenvalue weighted by molar-refractivity contribution is 5.47. The smallest absolute Gasteiger partial charge is 0.352 e. The van der Waals surface area contributed by atoms with Crippen molar-refractivity contribution in [2.45, 2.75) is 24.5 Å². The van der Waals surface area contributed by atoms with Gasteiger partial charge in [0.05, 0.1) is 25.5 Å². The van der Waals surface area contributed by atoms with Crippen molar-refractivity contribution in [1.82, 2.24) is 9.55 Å². The van der Waals surface area contributed by atoms with Crippen LogP contribution in [0.4, 0.5) is 5.82 Å². The second kappa shape index (κ2) is 7.66. The molecular weight excluding hydrogens is 306 g/mol. The van der Waals surface area contributed by atoms with E-state index in [1.165, 1.54) is 23.8 Å². The number of rotatable bonds is 7. The van der Waals surface area contributed by atoms with Crippen molar-refractivity contribution >= 4 is 11.9 Å². The van der Waals surface area contributed by atoms with Gasteiger partial charge < -0.3 is 30.2 Å². The van der Waals surface area contributed by atoms with Crippen LogP contribution in [-0.4, -0.2) is 65.0 Å². The lowest BCUT2D eigenvalue weighted by molar-refractivity contribution is -0.0821. The van der Waals surface area contributed by atoms with E-state index in [2.05, 4.69) is 11.6 Å². The van der Waals surface area contributed by atoms with Crippen LogP contribution in [0.5, 0.6) is 0 Å². The summed E-state index contributed by atoms with van der Waals surface area (Å²) in [7, 11) is 1.52. The van der Waals surface area contributed by atoms with Crippen LogP contribution in [0.1, 0.15) is 11.9 Å². The monoisotopic (exact) mass is 327 g/mol. The lowest BCUT2D eigenvalue weighted by Gasteiger charge is -2.23. The van der Waals surface area contributed by atoms with E-state index in [0.717, 1.165) is 0 Å². The van der Waals surface area contributed by atoms with Gasteiger partial charge in [0.2, 0.25) is 0 Å². The Bertz CT molecular complexity index is 605. The predicted octanol–water partition coefficient (Wildman–Crippen LogP) is -1.25. The van der Waals surface area contributed by atoms with Gasteiger partial charge in [-0.1, -0.05) is 6.58 Å². The van der Waals surface area contributed by atoms with Crippen LogP contribution < -0.4 is 11.4 Å². The van der Waals surface area contributed by atoms with Gasteiger partial charge in [0.15, 0.2) is 6.23 Å². The van der Waals surface area contributed by atoms with Crippen LogP contribution in [0.15, 0.2) is 17.4 Å². The van der Waals surface area contributed by atoms with Gasteiger partial charge in [-0.15, -0.1) is 0 Å². The van der Waals surface area contributed by atoms with Gasteiger partial charge in [0.1, 0.15) is 24.1 Å². The molecule has 2 rings (SSSR count). The van der Waals surface area contributed by atoms with Crippen molar-refractivity contribution in [3.63, 3.8) is 0 Å². The first-order chi connectivity index (χ1) is 11.0. The number of anilines is 1. The molecule has 9 nitrogen and oxygen atoms in total. The molecule has 9 heteroatoms. The number of hydrogen-bond donors (Lipinski definition) is 3.